The van der Waals surface area contributed by atoms with Crippen LogP contribution in [0.5, 0.6) is 0 Å². The maximum atomic E-state index is 12.0. The van der Waals surface area contributed by atoms with E-state index in [1.807, 2.05) is 0 Å². The molecule has 0 saturated heterocycles. The molecule has 0 bridgehead atoms. The first-order chi connectivity index (χ1) is 7.86. The van der Waals surface area contributed by atoms with Crippen LogP contribution in [0.15, 0.2) is 12.1 Å². The number of pyridine rings is 1. The van der Waals surface area contributed by atoms with E-state index in [0.717, 1.165) is 0 Å². The van der Waals surface area contributed by atoms with Gasteiger partial charge in [0.05, 0.1) is 11.9 Å². The number of alkyl halides is 3. The molecule has 90 valence electrons. The molecule has 0 aliphatic carbocycles. The summed E-state index contributed by atoms with van der Waals surface area (Å²) in [4.78, 5) is 20.9. The van der Waals surface area contributed by atoms with Crippen molar-refractivity contribution in [3.05, 3.63) is 18.0 Å². The molecule has 2 aromatic heterocycles. The van der Waals surface area contributed by atoms with Gasteiger partial charge in [0.25, 0.3) is 0 Å². The number of Topliss-reactive ketones (excluding diaryl/α,β-unsaturated/α-hetero) is 1. The predicted octanol–water partition coefficient (Wildman–Crippen LogP) is 1.21. The normalized spacial score (nSPS) is 11.9. The Morgan fingerprint density at radius 2 is 2.06 bits per heavy atom. The molecule has 0 aromatic carbocycles. The zero-order valence-corrected chi connectivity index (χ0v) is 8.38. The fourth-order valence-electron chi connectivity index (χ4n) is 1.29. The highest BCUT2D eigenvalue weighted by molar-refractivity contribution is 5.86. The van der Waals surface area contributed by atoms with Gasteiger partial charge in [0.2, 0.25) is 5.78 Å². The number of nitrogen functional groups attached to an aromatic ring is 1. The molecule has 3 N–H and O–H groups in total. The third-order valence-electron chi connectivity index (χ3n) is 2.06. The lowest BCUT2D eigenvalue weighted by Crippen LogP contribution is -2.24. The Morgan fingerprint density at radius 3 is 2.71 bits per heavy atom. The topological polar surface area (TPSA) is 84.7 Å². The molecule has 2 rings (SSSR count). The number of hydrogen-bond donors (Lipinski definition) is 2. The average Bonchev–Trinajstić information content (AvgIpc) is 2.57. The molecule has 2 heterocycles. The van der Waals surface area contributed by atoms with Crippen LogP contribution in [0.2, 0.25) is 0 Å². The number of rotatable bonds is 2. The van der Waals surface area contributed by atoms with Crippen molar-refractivity contribution >= 4 is 22.8 Å². The minimum Gasteiger partial charge on any atom is -0.384 e. The van der Waals surface area contributed by atoms with Crippen molar-refractivity contribution in [2.45, 2.75) is 12.6 Å². The number of ketones is 1. The van der Waals surface area contributed by atoms with Crippen molar-refractivity contribution in [1.29, 1.82) is 0 Å². The highest BCUT2D eigenvalue weighted by Gasteiger charge is 2.38. The van der Waals surface area contributed by atoms with Crippen molar-refractivity contribution < 1.29 is 18.0 Å². The largest absolute Gasteiger partial charge is 0.450 e. The van der Waals surface area contributed by atoms with Gasteiger partial charge in [0.15, 0.2) is 5.65 Å². The van der Waals surface area contributed by atoms with Crippen LogP contribution >= 0.6 is 0 Å². The third kappa shape index (κ3) is 2.35. The van der Waals surface area contributed by atoms with E-state index in [1.54, 1.807) is 0 Å². The number of anilines is 1. The molecule has 0 spiro atoms. The average molecular weight is 244 g/mol. The fraction of sp³-hybridized carbons (Fsp3) is 0.222. The maximum Gasteiger partial charge on any atom is 0.450 e. The molecule has 5 nitrogen and oxygen atoms in total. The minimum atomic E-state index is -4.86. The summed E-state index contributed by atoms with van der Waals surface area (Å²) in [7, 11) is 0. The van der Waals surface area contributed by atoms with Gasteiger partial charge in [-0.3, -0.25) is 4.79 Å². The lowest BCUT2D eigenvalue weighted by atomic mass is 10.3. The Labute approximate surface area is 92.9 Å². The highest BCUT2D eigenvalue weighted by atomic mass is 19.4. The Balaban J connectivity index is 2.29. The number of H-pyrrole nitrogens is 1. The van der Waals surface area contributed by atoms with Crippen LogP contribution in [-0.4, -0.2) is 26.9 Å². The standard InChI is InChI=1S/C9H7F3N4O/c10-9(11,12)5(17)3-7-14-4-1-2-6(13)15-8(4)16-7/h1-2H,3H2,(H3,13,14,15,16). The highest BCUT2D eigenvalue weighted by Crippen LogP contribution is 2.19. The van der Waals surface area contributed by atoms with Crippen molar-refractivity contribution in [3.8, 4) is 0 Å². The predicted molar refractivity (Wildman–Crippen MR) is 53.1 cm³/mol. The molecule has 0 aliphatic heterocycles. The van der Waals surface area contributed by atoms with Gasteiger partial charge in [0, 0.05) is 0 Å². The lowest BCUT2D eigenvalue weighted by molar-refractivity contribution is -0.170. The number of nitrogens with two attached hydrogens (primary N) is 1. The van der Waals surface area contributed by atoms with Crippen LogP contribution in [0.3, 0.4) is 0 Å². The summed E-state index contributed by atoms with van der Waals surface area (Å²) >= 11 is 0. The van der Waals surface area contributed by atoms with Crippen LogP contribution in [-0.2, 0) is 11.2 Å². The first kappa shape index (κ1) is 11.4. The molecule has 0 atom stereocenters. The summed E-state index contributed by atoms with van der Waals surface area (Å²) < 4.78 is 36.1. The molecule has 0 fully saturated rings. The maximum absolute atomic E-state index is 12.0. The van der Waals surface area contributed by atoms with Crippen LogP contribution < -0.4 is 5.73 Å². The van der Waals surface area contributed by atoms with E-state index in [2.05, 4.69) is 15.0 Å². The molecule has 2 aromatic rings. The molecule has 0 aliphatic rings. The number of carbonyl (C=O) groups excluding carboxylic acids is 1. The summed E-state index contributed by atoms with van der Waals surface area (Å²) in [6.07, 6.45) is -5.69. The summed E-state index contributed by atoms with van der Waals surface area (Å²) in [5.74, 6) is -1.73. The van der Waals surface area contributed by atoms with Gasteiger partial charge in [-0.2, -0.15) is 13.2 Å². The summed E-state index contributed by atoms with van der Waals surface area (Å²) in [6, 6.07) is 3.02. The van der Waals surface area contributed by atoms with Gasteiger partial charge in [-0.1, -0.05) is 0 Å². The van der Waals surface area contributed by atoms with Gasteiger partial charge in [-0.25, -0.2) is 9.97 Å². The van der Waals surface area contributed by atoms with E-state index in [1.165, 1.54) is 12.1 Å². The van der Waals surface area contributed by atoms with E-state index in [4.69, 9.17) is 5.73 Å². The Kier molecular flexibility index (Phi) is 2.49. The number of hydrogen-bond acceptors (Lipinski definition) is 4. The van der Waals surface area contributed by atoms with Gasteiger partial charge in [-0.15, -0.1) is 0 Å². The van der Waals surface area contributed by atoms with E-state index < -0.39 is 18.4 Å². The second-order valence-electron chi connectivity index (χ2n) is 3.39. The fourth-order valence-corrected chi connectivity index (χ4v) is 1.29. The summed E-state index contributed by atoms with van der Waals surface area (Å²) in [5, 5.41) is 0. The Hall–Kier alpha value is -2.12. The van der Waals surface area contributed by atoms with E-state index >= 15 is 0 Å². The van der Waals surface area contributed by atoms with Crippen LogP contribution in [0.1, 0.15) is 5.82 Å². The van der Waals surface area contributed by atoms with E-state index in [0.29, 0.717) is 5.52 Å². The molecule has 0 unspecified atom stereocenters. The number of fused-ring (bicyclic) bond motifs is 1. The molecule has 8 heteroatoms. The molecule has 0 radical (unpaired) electrons. The zero-order valence-electron chi connectivity index (χ0n) is 8.38. The second-order valence-corrected chi connectivity index (χ2v) is 3.39. The van der Waals surface area contributed by atoms with Gasteiger partial charge in [0.1, 0.15) is 11.6 Å². The smallest absolute Gasteiger partial charge is 0.384 e. The quantitative estimate of drug-likeness (QED) is 0.831. The summed E-state index contributed by atoms with van der Waals surface area (Å²) in [6.45, 7) is 0. The molecular formula is C9H7F3N4O. The van der Waals surface area contributed by atoms with Crippen molar-refractivity contribution in [1.82, 2.24) is 15.0 Å². The number of carbonyl (C=O) groups is 1. The second kappa shape index (κ2) is 3.72. The number of nitrogens with one attached hydrogen (secondary N) is 1. The van der Waals surface area contributed by atoms with Crippen LogP contribution in [0, 0.1) is 0 Å². The number of imidazole rings is 1. The first-order valence-electron chi connectivity index (χ1n) is 4.57. The Bertz CT molecular complexity index is 575. The summed E-state index contributed by atoms with van der Waals surface area (Å²) in [5.41, 5.74) is 6.02. The number of nitrogens with zero attached hydrogens (tertiary/aromatic N) is 2. The van der Waals surface area contributed by atoms with Gasteiger partial charge >= 0.3 is 6.18 Å². The molecule has 0 amide bonds. The monoisotopic (exact) mass is 244 g/mol. The third-order valence-corrected chi connectivity index (χ3v) is 2.06. The number of aromatic nitrogens is 3. The molecule has 17 heavy (non-hydrogen) atoms. The van der Waals surface area contributed by atoms with Crippen molar-refractivity contribution in [2.24, 2.45) is 0 Å². The molecule has 0 saturated carbocycles. The van der Waals surface area contributed by atoms with E-state index in [-0.39, 0.29) is 17.3 Å². The van der Waals surface area contributed by atoms with Gasteiger partial charge in [-0.05, 0) is 12.1 Å². The van der Waals surface area contributed by atoms with E-state index in [9.17, 15) is 18.0 Å². The SMILES string of the molecule is Nc1ccc2[nH]c(CC(=O)C(F)(F)F)nc2n1. The lowest BCUT2D eigenvalue weighted by Gasteiger charge is -2.01. The number of halogens is 3. The minimum absolute atomic E-state index is 0.0829. The zero-order chi connectivity index (χ0) is 12.6. The molecular weight excluding hydrogens is 237 g/mol. The van der Waals surface area contributed by atoms with Crippen LogP contribution in [0.25, 0.3) is 11.2 Å². The first-order valence-corrected chi connectivity index (χ1v) is 4.57. The Morgan fingerprint density at radius 1 is 1.35 bits per heavy atom. The van der Waals surface area contributed by atoms with Crippen molar-refractivity contribution in [3.63, 3.8) is 0 Å². The van der Waals surface area contributed by atoms with Crippen molar-refractivity contribution in [2.75, 3.05) is 5.73 Å². The van der Waals surface area contributed by atoms with Crippen LogP contribution in [0.4, 0.5) is 19.0 Å². The number of aromatic amines is 1. The van der Waals surface area contributed by atoms with Gasteiger partial charge < -0.3 is 10.7 Å².